The van der Waals surface area contributed by atoms with Crippen LogP contribution in [0.15, 0.2) is 65.4 Å². The van der Waals surface area contributed by atoms with Crippen molar-refractivity contribution in [3.05, 3.63) is 65.4 Å². The molecule has 0 unspecified atom stereocenters. The van der Waals surface area contributed by atoms with E-state index in [2.05, 4.69) is 25.9 Å². The Bertz CT molecular complexity index is 1270. The molecule has 3 heterocycles. The molecule has 0 spiro atoms. The Labute approximate surface area is 163 Å². The quantitative estimate of drug-likeness (QED) is 0.459. The molecule has 0 radical (unpaired) electrons. The normalized spacial score (nSPS) is 11.3. The van der Waals surface area contributed by atoms with Crippen molar-refractivity contribution in [1.29, 1.82) is 0 Å². The second-order valence-corrected chi connectivity index (χ2v) is 6.99. The van der Waals surface area contributed by atoms with Gasteiger partial charge in [0.25, 0.3) is 0 Å². The number of imidazole rings is 2. The predicted molar refractivity (Wildman–Crippen MR) is 108 cm³/mol. The maximum absolute atomic E-state index is 5.27. The number of hydrogen-bond donors (Lipinski definition) is 1. The van der Waals surface area contributed by atoms with Gasteiger partial charge < -0.3 is 9.72 Å². The van der Waals surface area contributed by atoms with E-state index in [1.54, 1.807) is 13.3 Å². The van der Waals surface area contributed by atoms with Crippen molar-refractivity contribution in [3.63, 3.8) is 0 Å². The number of halogens is 1. The second kappa shape index (κ2) is 6.21. The number of hydrogen-bond acceptors (Lipinski definition) is 4. The summed E-state index contributed by atoms with van der Waals surface area (Å²) in [5, 5.41) is 0. The largest absolute Gasteiger partial charge is 0.497 e. The van der Waals surface area contributed by atoms with Crippen LogP contribution < -0.4 is 4.74 Å². The van der Waals surface area contributed by atoms with Crippen LogP contribution in [0.25, 0.3) is 39.6 Å². The average molecular weight is 420 g/mol. The predicted octanol–water partition coefficient (Wildman–Crippen LogP) is 4.71. The van der Waals surface area contributed by atoms with Crippen molar-refractivity contribution < 1.29 is 4.74 Å². The van der Waals surface area contributed by atoms with Gasteiger partial charge in [0.05, 0.1) is 18.1 Å². The minimum Gasteiger partial charge on any atom is -0.497 e. The first-order chi connectivity index (χ1) is 13.2. The molecule has 1 N–H and O–H groups in total. The zero-order valence-electron chi connectivity index (χ0n) is 14.3. The Morgan fingerprint density at radius 1 is 1.07 bits per heavy atom. The summed E-state index contributed by atoms with van der Waals surface area (Å²) in [5.41, 5.74) is 4.51. The molecule has 0 atom stereocenters. The van der Waals surface area contributed by atoms with Crippen molar-refractivity contribution in [3.8, 4) is 28.5 Å². The van der Waals surface area contributed by atoms with E-state index in [9.17, 15) is 0 Å². The molecule has 0 saturated heterocycles. The molecular weight excluding hydrogens is 406 g/mol. The second-order valence-electron chi connectivity index (χ2n) is 6.07. The summed E-state index contributed by atoms with van der Waals surface area (Å²) in [6.45, 7) is 0. The van der Waals surface area contributed by atoms with E-state index in [4.69, 9.17) is 14.7 Å². The van der Waals surface area contributed by atoms with Crippen LogP contribution in [0.1, 0.15) is 0 Å². The molecule has 0 amide bonds. The molecule has 27 heavy (non-hydrogen) atoms. The molecule has 0 saturated carbocycles. The van der Waals surface area contributed by atoms with E-state index >= 15 is 0 Å². The van der Waals surface area contributed by atoms with Crippen LogP contribution in [0.4, 0.5) is 0 Å². The van der Waals surface area contributed by atoms with Crippen LogP contribution in [0.2, 0.25) is 0 Å². The van der Waals surface area contributed by atoms with E-state index in [1.807, 2.05) is 59.1 Å². The zero-order chi connectivity index (χ0) is 18.4. The van der Waals surface area contributed by atoms with Crippen LogP contribution >= 0.6 is 15.9 Å². The van der Waals surface area contributed by atoms with Gasteiger partial charge in [-0.25, -0.2) is 15.0 Å². The highest BCUT2D eigenvalue weighted by molar-refractivity contribution is 9.10. The number of aromatic amines is 1. The summed E-state index contributed by atoms with van der Waals surface area (Å²) in [4.78, 5) is 17.3. The first-order valence-electron chi connectivity index (χ1n) is 8.36. The van der Waals surface area contributed by atoms with Crippen molar-refractivity contribution in [2.24, 2.45) is 0 Å². The molecule has 0 aliphatic heterocycles. The monoisotopic (exact) mass is 419 g/mol. The fourth-order valence-corrected chi connectivity index (χ4v) is 3.52. The minimum absolute atomic E-state index is 0.625. The lowest BCUT2D eigenvalue weighted by Crippen LogP contribution is -1.92. The van der Waals surface area contributed by atoms with E-state index < -0.39 is 0 Å². The van der Waals surface area contributed by atoms with Gasteiger partial charge in [-0.15, -0.1) is 0 Å². The van der Waals surface area contributed by atoms with E-state index in [0.717, 1.165) is 44.0 Å². The lowest BCUT2D eigenvalue weighted by Gasteiger charge is -2.04. The highest BCUT2D eigenvalue weighted by Crippen LogP contribution is 2.33. The van der Waals surface area contributed by atoms with Gasteiger partial charge in [-0.2, -0.15) is 0 Å². The Morgan fingerprint density at radius 2 is 1.93 bits per heavy atom. The van der Waals surface area contributed by atoms with Gasteiger partial charge in [-0.3, -0.25) is 4.40 Å². The molecule has 3 aromatic heterocycles. The average Bonchev–Trinajstić information content (AvgIpc) is 3.28. The number of benzene rings is 2. The third-order valence-electron chi connectivity index (χ3n) is 4.44. The van der Waals surface area contributed by atoms with Crippen molar-refractivity contribution in [2.75, 3.05) is 7.11 Å². The van der Waals surface area contributed by atoms with Crippen LogP contribution in [0.5, 0.6) is 5.75 Å². The third-order valence-corrected chi connectivity index (χ3v) is 4.93. The Hall–Kier alpha value is -3.19. The number of nitrogens with zero attached hydrogens (tertiary/aromatic N) is 4. The van der Waals surface area contributed by atoms with Crippen molar-refractivity contribution in [1.82, 2.24) is 24.3 Å². The Morgan fingerprint density at radius 3 is 2.74 bits per heavy atom. The molecule has 0 bridgehead atoms. The smallest absolute Gasteiger partial charge is 0.234 e. The van der Waals surface area contributed by atoms with E-state index in [1.165, 1.54) is 0 Å². The van der Waals surface area contributed by atoms with Gasteiger partial charge in [-0.05, 0) is 48.5 Å². The number of H-pyrrole nitrogens is 1. The van der Waals surface area contributed by atoms with Gasteiger partial charge in [0, 0.05) is 22.4 Å². The van der Waals surface area contributed by atoms with Crippen LogP contribution in [-0.4, -0.2) is 31.4 Å². The maximum Gasteiger partial charge on any atom is 0.234 e. The van der Waals surface area contributed by atoms with Crippen LogP contribution in [-0.2, 0) is 0 Å². The fraction of sp³-hybridized carbons (Fsp3) is 0.0500. The molecule has 5 rings (SSSR count). The highest BCUT2D eigenvalue weighted by atomic mass is 79.9. The number of aromatic nitrogens is 5. The van der Waals surface area contributed by atoms with Crippen LogP contribution in [0, 0.1) is 0 Å². The number of fused-ring (bicyclic) bond motifs is 2. The minimum atomic E-state index is 0.625. The van der Waals surface area contributed by atoms with Gasteiger partial charge >= 0.3 is 0 Å². The first-order valence-corrected chi connectivity index (χ1v) is 9.15. The highest BCUT2D eigenvalue weighted by Gasteiger charge is 2.19. The molecule has 6 nitrogen and oxygen atoms in total. The van der Waals surface area contributed by atoms with E-state index in [0.29, 0.717) is 5.78 Å². The molecule has 7 heteroatoms. The third kappa shape index (κ3) is 2.67. The van der Waals surface area contributed by atoms with Crippen molar-refractivity contribution in [2.45, 2.75) is 0 Å². The van der Waals surface area contributed by atoms with E-state index in [-0.39, 0.29) is 0 Å². The maximum atomic E-state index is 5.27. The summed E-state index contributed by atoms with van der Waals surface area (Å²) in [6.07, 6.45) is 3.68. The molecule has 2 aromatic carbocycles. The SMILES string of the molecule is COc1ccc(-c2nc3ncccn3c2-c2nc3ccc(Br)cc3[nH]2)cc1. The summed E-state index contributed by atoms with van der Waals surface area (Å²) < 4.78 is 8.22. The van der Waals surface area contributed by atoms with Crippen molar-refractivity contribution >= 4 is 32.7 Å². The lowest BCUT2D eigenvalue weighted by molar-refractivity contribution is 0.415. The van der Waals surface area contributed by atoms with Gasteiger partial charge in [0.2, 0.25) is 5.78 Å². The summed E-state index contributed by atoms with van der Waals surface area (Å²) >= 11 is 3.51. The summed E-state index contributed by atoms with van der Waals surface area (Å²) in [5.74, 6) is 2.17. The number of nitrogens with one attached hydrogen (secondary N) is 1. The molecule has 0 aliphatic carbocycles. The summed E-state index contributed by atoms with van der Waals surface area (Å²) in [7, 11) is 1.65. The Balaban J connectivity index is 1.78. The lowest BCUT2D eigenvalue weighted by atomic mass is 10.1. The van der Waals surface area contributed by atoms with Gasteiger partial charge in [0.15, 0.2) is 5.82 Å². The molecular formula is C20H14BrN5O. The fourth-order valence-electron chi connectivity index (χ4n) is 3.16. The number of ether oxygens (including phenoxy) is 1. The van der Waals surface area contributed by atoms with Gasteiger partial charge in [-0.1, -0.05) is 15.9 Å². The van der Waals surface area contributed by atoms with Gasteiger partial charge in [0.1, 0.15) is 17.1 Å². The topological polar surface area (TPSA) is 68.1 Å². The molecule has 0 fully saturated rings. The zero-order valence-corrected chi connectivity index (χ0v) is 15.9. The number of methoxy groups -OCH3 is 1. The molecule has 0 aliphatic rings. The standard InChI is InChI=1S/C20H14BrN5O/c1-27-14-6-3-12(4-7-14)17-18(26-10-2-9-22-20(26)25-17)19-23-15-8-5-13(21)11-16(15)24-19/h2-11H,1H3,(H,23,24). The van der Waals surface area contributed by atoms with Crippen LogP contribution in [0.3, 0.4) is 0 Å². The Kier molecular flexibility index (Phi) is 3.68. The summed E-state index contributed by atoms with van der Waals surface area (Å²) in [6, 6.07) is 15.7. The first kappa shape index (κ1) is 16.0. The molecule has 5 aromatic rings. The molecule has 132 valence electrons. The number of rotatable bonds is 3.